The smallest absolute Gasteiger partial charge is 0.341 e. The van der Waals surface area contributed by atoms with Gasteiger partial charge in [0.1, 0.15) is 30.6 Å². The van der Waals surface area contributed by atoms with Gasteiger partial charge in [-0.2, -0.15) is 5.01 Å². The number of carbonyl (C=O) groups is 2. The fourth-order valence-corrected chi connectivity index (χ4v) is 1.38. The minimum Gasteiger partial charge on any atom is -0.394 e. The number of nitrogens with zero attached hydrogens (tertiary/aromatic N) is 2. The molecular formula is C9H16ClN3O7. The molecule has 116 valence electrons. The van der Waals surface area contributed by atoms with Crippen molar-refractivity contribution in [3.05, 3.63) is 4.91 Å². The highest BCUT2D eigenvalue weighted by Crippen LogP contribution is 2.05. The maximum Gasteiger partial charge on any atom is 0.341 e. The summed E-state index contributed by atoms with van der Waals surface area (Å²) in [6, 6.07) is -2.72. The summed E-state index contributed by atoms with van der Waals surface area (Å²) in [7, 11) is 0. The second kappa shape index (κ2) is 9.55. The van der Waals surface area contributed by atoms with Gasteiger partial charge in [0, 0.05) is 5.88 Å². The lowest BCUT2D eigenvalue weighted by molar-refractivity contribution is -0.119. The zero-order chi connectivity index (χ0) is 15.7. The summed E-state index contributed by atoms with van der Waals surface area (Å²) in [5.74, 6) is -0.0840. The molecule has 0 heterocycles. The highest BCUT2D eigenvalue weighted by Gasteiger charge is 2.32. The maximum absolute atomic E-state index is 11.5. The van der Waals surface area contributed by atoms with Crippen molar-refractivity contribution in [2.75, 3.05) is 19.0 Å². The molecule has 10 nitrogen and oxygen atoms in total. The van der Waals surface area contributed by atoms with E-state index in [-0.39, 0.29) is 18.7 Å². The van der Waals surface area contributed by atoms with Gasteiger partial charge in [-0.1, -0.05) is 0 Å². The van der Waals surface area contributed by atoms with E-state index in [0.717, 1.165) is 0 Å². The molecule has 0 aromatic rings. The maximum atomic E-state index is 11.5. The topological polar surface area (TPSA) is 160 Å². The van der Waals surface area contributed by atoms with E-state index in [0.29, 0.717) is 5.01 Å². The molecule has 4 atom stereocenters. The van der Waals surface area contributed by atoms with Gasteiger partial charge in [0.15, 0.2) is 0 Å². The number of urea groups is 1. The van der Waals surface area contributed by atoms with E-state index in [1.165, 1.54) is 0 Å². The fourth-order valence-electron chi connectivity index (χ4n) is 1.22. The lowest BCUT2D eigenvalue weighted by atomic mass is 10.0. The Morgan fingerprint density at radius 3 is 2.35 bits per heavy atom. The van der Waals surface area contributed by atoms with Crippen LogP contribution in [0.2, 0.25) is 0 Å². The zero-order valence-corrected chi connectivity index (χ0v) is 11.0. The SMILES string of the molecule is O=C[C@@H](NC(=O)N(CCCl)N=O)[C@H](O)[C@H](O)[C@H](O)CO. The molecule has 0 unspecified atom stereocenters. The van der Waals surface area contributed by atoms with Crippen molar-refractivity contribution in [1.29, 1.82) is 0 Å². The Labute approximate surface area is 118 Å². The molecule has 0 aliphatic rings. The Balaban J connectivity index is 4.72. The standard InChI is InChI=1S/C9H16ClN3O7/c10-1-2-13(12-20)9(19)11-5(3-14)7(17)8(18)6(16)4-15/h3,5-8,15-18H,1-2,4H2,(H,11,19)/t5-,6-,7+,8-/m1/s1. The summed E-state index contributed by atoms with van der Waals surface area (Å²) in [5, 5.41) is 41.4. The van der Waals surface area contributed by atoms with Crippen molar-refractivity contribution >= 4 is 23.9 Å². The molecule has 0 aromatic carbocycles. The second-order valence-electron chi connectivity index (χ2n) is 3.74. The van der Waals surface area contributed by atoms with Crippen molar-refractivity contribution in [1.82, 2.24) is 10.3 Å². The van der Waals surface area contributed by atoms with Crippen LogP contribution < -0.4 is 5.32 Å². The highest BCUT2D eigenvalue weighted by atomic mass is 35.5. The van der Waals surface area contributed by atoms with Gasteiger partial charge < -0.3 is 30.5 Å². The molecular weight excluding hydrogens is 298 g/mol. The van der Waals surface area contributed by atoms with E-state index in [1.54, 1.807) is 0 Å². The van der Waals surface area contributed by atoms with Gasteiger partial charge in [0.25, 0.3) is 0 Å². The second-order valence-corrected chi connectivity index (χ2v) is 4.11. The van der Waals surface area contributed by atoms with Crippen molar-refractivity contribution in [2.24, 2.45) is 5.29 Å². The third-order valence-corrected chi connectivity index (χ3v) is 2.53. The third kappa shape index (κ3) is 5.35. The van der Waals surface area contributed by atoms with E-state index in [4.69, 9.17) is 21.8 Å². The number of aliphatic hydroxyl groups excluding tert-OH is 4. The first-order chi connectivity index (χ1) is 9.42. The Bertz CT molecular complexity index is 333. The van der Waals surface area contributed by atoms with Crippen LogP contribution >= 0.6 is 11.6 Å². The molecule has 11 heteroatoms. The minimum absolute atomic E-state index is 0.0840. The number of aliphatic hydroxyl groups is 4. The number of carbonyl (C=O) groups excluding carboxylic acids is 2. The molecule has 0 aromatic heterocycles. The normalized spacial score (nSPS) is 16.6. The molecule has 0 rings (SSSR count). The third-order valence-electron chi connectivity index (χ3n) is 2.37. The van der Waals surface area contributed by atoms with Crippen LogP contribution in [0.4, 0.5) is 4.79 Å². The van der Waals surface area contributed by atoms with Crippen molar-refractivity contribution < 1.29 is 30.0 Å². The minimum atomic E-state index is -1.89. The number of amides is 2. The highest BCUT2D eigenvalue weighted by molar-refractivity contribution is 6.18. The van der Waals surface area contributed by atoms with Crippen LogP contribution in [-0.2, 0) is 4.79 Å². The van der Waals surface area contributed by atoms with E-state index in [9.17, 15) is 24.7 Å². The monoisotopic (exact) mass is 313 g/mol. The van der Waals surface area contributed by atoms with Crippen LogP contribution in [0.1, 0.15) is 0 Å². The average Bonchev–Trinajstić information content (AvgIpc) is 2.47. The van der Waals surface area contributed by atoms with Gasteiger partial charge in [0.05, 0.1) is 18.4 Å². The van der Waals surface area contributed by atoms with Crippen molar-refractivity contribution in [3.63, 3.8) is 0 Å². The molecule has 0 aliphatic heterocycles. The predicted octanol–water partition coefficient (Wildman–Crippen LogP) is -2.44. The number of halogens is 1. The first-order valence-corrected chi connectivity index (χ1v) is 6.04. The molecule has 0 aliphatic carbocycles. The number of nitroso groups, excluding NO2 is 1. The lowest BCUT2D eigenvalue weighted by Gasteiger charge is -2.26. The van der Waals surface area contributed by atoms with E-state index in [2.05, 4.69) is 5.29 Å². The fraction of sp³-hybridized carbons (Fsp3) is 0.778. The summed E-state index contributed by atoms with van der Waals surface area (Å²) in [5.41, 5.74) is 0. The van der Waals surface area contributed by atoms with Gasteiger partial charge in [-0.15, -0.1) is 16.5 Å². The van der Waals surface area contributed by atoms with Gasteiger partial charge in [-0.25, -0.2) is 4.79 Å². The summed E-state index contributed by atoms with van der Waals surface area (Å²) >= 11 is 5.32. The molecule has 20 heavy (non-hydrogen) atoms. The average molecular weight is 314 g/mol. The molecule has 2 amide bonds. The Morgan fingerprint density at radius 2 is 1.95 bits per heavy atom. The van der Waals surface area contributed by atoms with Crippen molar-refractivity contribution in [2.45, 2.75) is 24.4 Å². The lowest BCUT2D eigenvalue weighted by Crippen LogP contribution is -2.55. The van der Waals surface area contributed by atoms with E-state index in [1.807, 2.05) is 5.32 Å². The van der Waals surface area contributed by atoms with Crippen LogP contribution in [-0.4, -0.2) is 81.1 Å². The summed E-state index contributed by atoms with van der Waals surface area (Å²) in [6.07, 6.45) is -5.36. The van der Waals surface area contributed by atoms with Crippen LogP contribution in [0.5, 0.6) is 0 Å². The molecule has 0 fully saturated rings. The van der Waals surface area contributed by atoms with Gasteiger partial charge in [-0.3, -0.25) is 0 Å². The van der Waals surface area contributed by atoms with E-state index < -0.39 is 37.0 Å². The van der Waals surface area contributed by atoms with Crippen LogP contribution in [0, 0.1) is 4.91 Å². The van der Waals surface area contributed by atoms with E-state index >= 15 is 0 Å². The number of alkyl halides is 1. The van der Waals surface area contributed by atoms with Crippen LogP contribution in [0.25, 0.3) is 0 Å². The quantitative estimate of drug-likeness (QED) is 0.137. The molecule has 0 saturated heterocycles. The van der Waals surface area contributed by atoms with Gasteiger partial charge in [-0.05, 0) is 0 Å². The molecule has 0 spiro atoms. The Hall–Kier alpha value is -1.33. The Kier molecular flexibility index (Phi) is 8.92. The molecule has 0 radical (unpaired) electrons. The van der Waals surface area contributed by atoms with Crippen LogP contribution in [0.3, 0.4) is 0 Å². The van der Waals surface area contributed by atoms with Crippen LogP contribution in [0.15, 0.2) is 5.29 Å². The largest absolute Gasteiger partial charge is 0.394 e. The summed E-state index contributed by atoms with van der Waals surface area (Å²) in [4.78, 5) is 32.6. The number of hydrogen-bond donors (Lipinski definition) is 5. The zero-order valence-electron chi connectivity index (χ0n) is 10.3. The summed E-state index contributed by atoms with van der Waals surface area (Å²) < 4.78 is 0. The van der Waals surface area contributed by atoms with Gasteiger partial charge >= 0.3 is 6.03 Å². The molecule has 0 saturated carbocycles. The molecule has 5 N–H and O–H groups in total. The first-order valence-electron chi connectivity index (χ1n) is 5.50. The predicted molar refractivity (Wildman–Crippen MR) is 66.7 cm³/mol. The number of rotatable bonds is 9. The number of aldehydes is 1. The Morgan fingerprint density at radius 1 is 1.35 bits per heavy atom. The number of hydrogen-bond acceptors (Lipinski definition) is 8. The molecule has 0 bridgehead atoms. The van der Waals surface area contributed by atoms with Gasteiger partial charge in [0.2, 0.25) is 0 Å². The number of nitrogens with one attached hydrogen (secondary N) is 1. The first kappa shape index (κ1) is 18.7. The van der Waals surface area contributed by atoms with Crippen molar-refractivity contribution in [3.8, 4) is 0 Å². The summed E-state index contributed by atoms with van der Waals surface area (Å²) in [6.45, 7) is -1.08.